The second kappa shape index (κ2) is 6.05. The molecular weight excluding hydrogens is 286 g/mol. The van der Waals surface area contributed by atoms with Crippen molar-refractivity contribution >= 4 is 22.3 Å². The number of pyridine rings is 1. The van der Waals surface area contributed by atoms with Gasteiger partial charge in [0, 0.05) is 41.6 Å². The Morgan fingerprint density at radius 3 is 2.95 bits per heavy atom. The number of ether oxygens (including phenoxy) is 1. The largest absolute Gasteiger partial charge is 0.469 e. The van der Waals surface area contributed by atoms with Crippen LogP contribution >= 0.6 is 11.3 Å². The molecule has 108 valence electrons. The summed E-state index contributed by atoms with van der Waals surface area (Å²) in [5.74, 6) is -0.162. The van der Waals surface area contributed by atoms with Crippen LogP contribution < -0.4 is 0 Å². The summed E-state index contributed by atoms with van der Waals surface area (Å²) in [5.41, 5.74) is 3.17. The fourth-order valence-electron chi connectivity index (χ4n) is 2.19. The van der Waals surface area contributed by atoms with E-state index in [1.807, 2.05) is 18.3 Å². The van der Waals surface area contributed by atoms with Crippen molar-refractivity contribution in [2.75, 3.05) is 7.11 Å². The average Bonchev–Trinajstić information content (AvgIpc) is 3.09. The first kappa shape index (κ1) is 13.8. The van der Waals surface area contributed by atoms with E-state index in [0.29, 0.717) is 6.42 Å². The second-order valence-corrected chi connectivity index (χ2v) is 5.51. The molecule has 0 aliphatic carbocycles. The highest BCUT2D eigenvalue weighted by molar-refractivity contribution is 7.15. The van der Waals surface area contributed by atoms with Crippen LogP contribution in [-0.2, 0) is 16.0 Å². The smallest absolute Gasteiger partial charge is 0.305 e. The molecule has 3 aromatic heterocycles. The summed E-state index contributed by atoms with van der Waals surface area (Å²) < 4.78 is 6.75. The van der Waals surface area contributed by atoms with Crippen molar-refractivity contribution in [2.24, 2.45) is 0 Å². The molecule has 3 rings (SSSR count). The normalized spacial score (nSPS) is 10.9. The predicted molar refractivity (Wildman–Crippen MR) is 81.3 cm³/mol. The number of methoxy groups -OCH3 is 1. The summed E-state index contributed by atoms with van der Waals surface area (Å²) in [6.07, 6.45) is 7.62. The number of rotatable bonds is 5. The van der Waals surface area contributed by atoms with E-state index < -0.39 is 0 Å². The van der Waals surface area contributed by atoms with Crippen LogP contribution in [0.15, 0.2) is 36.1 Å². The van der Waals surface area contributed by atoms with Gasteiger partial charge in [-0.3, -0.25) is 14.2 Å². The van der Waals surface area contributed by atoms with Gasteiger partial charge in [-0.1, -0.05) is 0 Å². The Morgan fingerprint density at radius 2 is 2.19 bits per heavy atom. The molecule has 0 radical (unpaired) electrons. The number of thiazole rings is 1. The molecule has 0 aliphatic rings. The van der Waals surface area contributed by atoms with E-state index in [9.17, 15) is 4.79 Å². The molecule has 0 unspecified atom stereocenters. The first-order chi connectivity index (χ1) is 10.3. The second-order valence-electron chi connectivity index (χ2n) is 4.67. The summed E-state index contributed by atoms with van der Waals surface area (Å²) in [5, 5.41) is 2.09. The minimum absolute atomic E-state index is 0.162. The van der Waals surface area contributed by atoms with Crippen molar-refractivity contribution in [2.45, 2.75) is 19.3 Å². The maximum absolute atomic E-state index is 11.1. The summed E-state index contributed by atoms with van der Waals surface area (Å²) in [6.45, 7) is 0. The lowest BCUT2D eigenvalue weighted by Crippen LogP contribution is -2.01. The fraction of sp³-hybridized carbons (Fsp3) is 0.267. The number of imidazole rings is 1. The molecule has 0 saturated heterocycles. The third-order valence-corrected chi connectivity index (χ3v) is 4.19. The molecule has 0 aromatic carbocycles. The molecule has 0 bridgehead atoms. The molecule has 3 aromatic rings. The zero-order valence-corrected chi connectivity index (χ0v) is 12.5. The van der Waals surface area contributed by atoms with Crippen molar-refractivity contribution in [1.29, 1.82) is 0 Å². The molecule has 0 atom stereocenters. The van der Waals surface area contributed by atoms with Crippen LogP contribution in [0.2, 0.25) is 0 Å². The molecule has 0 N–H and O–H groups in total. The van der Waals surface area contributed by atoms with Crippen LogP contribution in [0.1, 0.15) is 18.5 Å². The maximum atomic E-state index is 11.1. The van der Waals surface area contributed by atoms with E-state index in [1.165, 1.54) is 12.8 Å². The molecule has 6 heteroatoms. The van der Waals surface area contributed by atoms with Gasteiger partial charge in [-0.05, 0) is 25.0 Å². The van der Waals surface area contributed by atoms with Gasteiger partial charge in [-0.15, -0.1) is 11.3 Å². The maximum Gasteiger partial charge on any atom is 0.305 e. The number of hydrogen-bond donors (Lipinski definition) is 0. The average molecular weight is 301 g/mol. The van der Waals surface area contributed by atoms with Gasteiger partial charge in [-0.2, -0.15) is 0 Å². The number of aromatic nitrogens is 3. The van der Waals surface area contributed by atoms with Gasteiger partial charge >= 0.3 is 5.97 Å². The van der Waals surface area contributed by atoms with Crippen LogP contribution in [0.4, 0.5) is 0 Å². The van der Waals surface area contributed by atoms with E-state index in [0.717, 1.165) is 29.1 Å². The number of carbonyl (C=O) groups excluding carboxylic acids is 1. The minimum Gasteiger partial charge on any atom is -0.469 e. The first-order valence-corrected chi connectivity index (χ1v) is 7.58. The quantitative estimate of drug-likeness (QED) is 0.680. The molecule has 0 amide bonds. The van der Waals surface area contributed by atoms with Crippen molar-refractivity contribution in [3.8, 4) is 11.3 Å². The van der Waals surface area contributed by atoms with Gasteiger partial charge in [0.2, 0.25) is 0 Å². The van der Waals surface area contributed by atoms with E-state index in [2.05, 4.69) is 24.5 Å². The highest BCUT2D eigenvalue weighted by atomic mass is 32.1. The van der Waals surface area contributed by atoms with Gasteiger partial charge < -0.3 is 4.74 Å². The van der Waals surface area contributed by atoms with Crippen LogP contribution in [0.5, 0.6) is 0 Å². The molecule has 0 saturated carbocycles. The number of nitrogens with zero attached hydrogens (tertiary/aromatic N) is 3. The zero-order valence-electron chi connectivity index (χ0n) is 11.7. The molecule has 0 spiro atoms. The third-order valence-electron chi connectivity index (χ3n) is 3.30. The number of aryl methyl sites for hydroxylation is 1. The SMILES string of the molecule is COC(=O)CCCc1csc2nc(-c3ccncc3)cn12. The topological polar surface area (TPSA) is 56.5 Å². The lowest BCUT2D eigenvalue weighted by molar-refractivity contribution is -0.140. The Bertz CT molecular complexity index is 749. The Kier molecular flexibility index (Phi) is 3.96. The van der Waals surface area contributed by atoms with Crippen molar-refractivity contribution < 1.29 is 9.53 Å². The van der Waals surface area contributed by atoms with Gasteiger partial charge in [0.1, 0.15) is 0 Å². The third kappa shape index (κ3) is 2.95. The first-order valence-electron chi connectivity index (χ1n) is 6.70. The number of fused-ring (bicyclic) bond motifs is 1. The molecule has 21 heavy (non-hydrogen) atoms. The van der Waals surface area contributed by atoms with Crippen molar-refractivity contribution in [1.82, 2.24) is 14.4 Å². The van der Waals surface area contributed by atoms with Crippen LogP contribution in [0.3, 0.4) is 0 Å². The molecule has 0 fully saturated rings. The van der Waals surface area contributed by atoms with Gasteiger partial charge in [0.25, 0.3) is 0 Å². The van der Waals surface area contributed by atoms with Crippen LogP contribution in [0.25, 0.3) is 16.2 Å². The summed E-state index contributed by atoms with van der Waals surface area (Å²) in [4.78, 5) is 20.8. The summed E-state index contributed by atoms with van der Waals surface area (Å²) in [6, 6.07) is 3.90. The van der Waals surface area contributed by atoms with E-state index in [-0.39, 0.29) is 5.97 Å². The molecule has 0 aliphatic heterocycles. The molecule has 3 heterocycles. The Labute approximate surface area is 126 Å². The monoisotopic (exact) mass is 301 g/mol. The van der Waals surface area contributed by atoms with Crippen molar-refractivity contribution in [3.63, 3.8) is 0 Å². The molecule has 5 nitrogen and oxygen atoms in total. The number of hydrogen-bond acceptors (Lipinski definition) is 5. The van der Waals surface area contributed by atoms with E-state index in [4.69, 9.17) is 0 Å². The van der Waals surface area contributed by atoms with E-state index in [1.54, 1.807) is 23.7 Å². The van der Waals surface area contributed by atoms with Gasteiger partial charge in [0.15, 0.2) is 4.96 Å². The minimum atomic E-state index is -0.162. The van der Waals surface area contributed by atoms with Gasteiger partial charge in [0.05, 0.1) is 12.8 Å². The van der Waals surface area contributed by atoms with E-state index >= 15 is 0 Å². The zero-order chi connectivity index (χ0) is 14.7. The standard InChI is InChI=1S/C15H15N3O2S/c1-20-14(19)4-2-3-12-10-21-15-17-13(9-18(12)15)11-5-7-16-8-6-11/h5-10H,2-4H2,1H3. The Morgan fingerprint density at radius 1 is 1.38 bits per heavy atom. The predicted octanol–water partition coefficient (Wildman–Crippen LogP) is 2.95. The lowest BCUT2D eigenvalue weighted by atomic mass is 10.2. The number of carbonyl (C=O) groups is 1. The van der Waals surface area contributed by atoms with Crippen molar-refractivity contribution in [3.05, 3.63) is 41.8 Å². The lowest BCUT2D eigenvalue weighted by Gasteiger charge is -1.99. The summed E-state index contributed by atoms with van der Waals surface area (Å²) in [7, 11) is 1.42. The fourth-order valence-corrected chi connectivity index (χ4v) is 3.09. The highest BCUT2D eigenvalue weighted by Crippen LogP contribution is 2.24. The van der Waals surface area contributed by atoms with Gasteiger partial charge in [-0.25, -0.2) is 4.98 Å². The Balaban J connectivity index is 1.79. The number of esters is 1. The highest BCUT2D eigenvalue weighted by Gasteiger charge is 2.10. The summed E-state index contributed by atoms with van der Waals surface area (Å²) >= 11 is 1.61. The molecular formula is C15H15N3O2S. The van der Waals surface area contributed by atoms with Crippen LogP contribution in [0, 0.1) is 0 Å². The van der Waals surface area contributed by atoms with Crippen LogP contribution in [-0.4, -0.2) is 27.4 Å². The Hall–Kier alpha value is -2.21.